The van der Waals surface area contributed by atoms with Gasteiger partial charge in [-0.05, 0) is 53.2 Å². The Morgan fingerprint density at radius 2 is 1.16 bits per heavy atom. The molecule has 0 nitrogen and oxygen atoms in total. The highest BCUT2D eigenvalue weighted by molar-refractivity contribution is 7.80. The summed E-state index contributed by atoms with van der Waals surface area (Å²) in [6.07, 6.45) is 6.42. The lowest BCUT2D eigenvalue weighted by Crippen LogP contribution is -2.07. The highest BCUT2D eigenvalue weighted by Crippen LogP contribution is 2.66. The normalized spacial score (nSPS) is 16.4. The molecular weight excluding hydrogens is 320 g/mol. The van der Waals surface area contributed by atoms with Gasteiger partial charge in [-0.3, -0.25) is 0 Å². The van der Waals surface area contributed by atoms with Crippen molar-refractivity contribution in [2.75, 3.05) is 5.75 Å². The first-order chi connectivity index (χ1) is 11.8. The lowest BCUT2D eigenvalue weighted by Gasteiger charge is -2.14. The van der Waals surface area contributed by atoms with Crippen LogP contribution in [0.2, 0.25) is 0 Å². The van der Waals surface area contributed by atoms with Crippen molar-refractivity contribution < 1.29 is 0 Å². The van der Waals surface area contributed by atoms with E-state index in [1.165, 1.54) is 32.1 Å². The molecule has 1 heteroatoms. The van der Waals surface area contributed by atoms with Gasteiger partial charge in [0.25, 0.3) is 0 Å². The van der Waals surface area contributed by atoms with Gasteiger partial charge in [-0.2, -0.15) is 12.6 Å². The fourth-order valence-electron chi connectivity index (χ4n) is 2.72. The smallest absolute Gasteiger partial charge is 0.0150 e. The second-order valence-electron chi connectivity index (χ2n) is 7.20. The third-order valence-electron chi connectivity index (χ3n) is 4.06. The molecular formula is C24H50S. The van der Waals surface area contributed by atoms with E-state index in [1.807, 2.05) is 27.7 Å². The van der Waals surface area contributed by atoms with E-state index >= 15 is 0 Å². The summed E-state index contributed by atoms with van der Waals surface area (Å²) in [7, 11) is 0. The molecule has 2 rings (SSSR count). The van der Waals surface area contributed by atoms with Gasteiger partial charge < -0.3 is 0 Å². The van der Waals surface area contributed by atoms with Gasteiger partial charge in [0.05, 0.1) is 0 Å². The van der Waals surface area contributed by atoms with E-state index in [1.54, 1.807) is 22.3 Å². The number of hydrogen-bond acceptors (Lipinski definition) is 1. The van der Waals surface area contributed by atoms with E-state index in [4.69, 9.17) is 0 Å². The number of allylic oxidation sites excluding steroid dienone is 4. The maximum Gasteiger partial charge on any atom is 0.0150 e. The molecule has 0 aromatic rings. The minimum atomic E-state index is 0.460. The number of hydrogen-bond donors (Lipinski definition) is 1. The molecule has 0 saturated heterocycles. The van der Waals surface area contributed by atoms with Crippen LogP contribution < -0.4 is 0 Å². The van der Waals surface area contributed by atoms with Crippen molar-refractivity contribution in [1.82, 2.24) is 0 Å². The summed E-state index contributed by atoms with van der Waals surface area (Å²) < 4.78 is 0. The second kappa shape index (κ2) is 17.3. The first kappa shape index (κ1) is 29.6. The zero-order chi connectivity index (χ0) is 20.6. The van der Waals surface area contributed by atoms with Crippen LogP contribution in [-0.2, 0) is 0 Å². The maximum absolute atomic E-state index is 3.92. The Bertz CT molecular complexity index is 358. The van der Waals surface area contributed by atoms with Crippen molar-refractivity contribution in [2.24, 2.45) is 11.3 Å². The molecule has 0 aliphatic heterocycles. The number of fused-ring (bicyclic) bond motifs is 1. The first-order valence-corrected chi connectivity index (χ1v) is 11.5. The summed E-state index contributed by atoms with van der Waals surface area (Å²) in [4.78, 5) is 0. The van der Waals surface area contributed by atoms with Gasteiger partial charge in [-0.25, -0.2) is 0 Å². The molecule has 0 aromatic carbocycles. The third-order valence-corrected chi connectivity index (χ3v) is 4.50. The van der Waals surface area contributed by atoms with Gasteiger partial charge >= 0.3 is 0 Å². The van der Waals surface area contributed by atoms with Crippen LogP contribution in [0.4, 0.5) is 0 Å². The Morgan fingerprint density at radius 3 is 1.36 bits per heavy atom. The molecule has 0 radical (unpaired) electrons. The largest absolute Gasteiger partial charge is 0.179 e. The number of unbranched alkanes of at least 4 members (excludes halogenated alkanes) is 1. The SMILES string of the molecule is CC.CC.CCCC.CCCC1=C2C(=C1C)C2C(C)(C)C.CCCS. The minimum absolute atomic E-state index is 0.460. The molecule has 0 spiro atoms. The van der Waals surface area contributed by atoms with Crippen molar-refractivity contribution in [3.8, 4) is 0 Å². The lowest BCUT2D eigenvalue weighted by atomic mass is 9.90. The molecule has 0 bridgehead atoms. The average Bonchev–Trinajstić information content (AvgIpc) is 3.34. The Kier molecular flexibility index (Phi) is 20.4. The van der Waals surface area contributed by atoms with E-state index in [0.717, 1.165) is 11.7 Å². The number of rotatable bonds is 4. The summed E-state index contributed by atoms with van der Waals surface area (Å²) in [6, 6.07) is 0. The fraction of sp³-hybridized carbons (Fsp3) is 0.833. The first-order valence-electron chi connectivity index (χ1n) is 10.9. The van der Waals surface area contributed by atoms with Crippen LogP contribution in [0, 0.1) is 11.3 Å². The standard InChI is InChI=1S/C13H20.C4H10.C3H8S.2C2H6/c1-6-7-9-8(2)10-11(9)12(10)13(3,4)5;1-3-4-2;1-2-3-4;2*1-2/h12H,6-7H2,1-5H3;3-4H2,1-2H3;4H,2-3H2,1H3;2*1-2H3. The van der Waals surface area contributed by atoms with Crippen LogP contribution in [0.15, 0.2) is 22.3 Å². The van der Waals surface area contributed by atoms with E-state index in [2.05, 4.69) is 68.0 Å². The van der Waals surface area contributed by atoms with Crippen LogP contribution in [0.5, 0.6) is 0 Å². The van der Waals surface area contributed by atoms with E-state index in [-0.39, 0.29) is 0 Å². The van der Waals surface area contributed by atoms with Crippen LogP contribution in [0.1, 0.15) is 115 Å². The van der Waals surface area contributed by atoms with E-state index < -0.39 is 0 Å². The summed E-state index contributed by atoms with van der Waals surface area (Å²) >= 11 is 3.92. The maximum atomic E-state index is 3.92. The molecule has 0 aromatic heterocycles. The Hall–Kier alpha value is -0.170. The minimum Gasteiger partial charge on any atom is -0.179 e. The Balaban J connectivity index is -0.000000339. The Labute approximate surface area is 167 Å². The molecule has 2 aliphatic carbocycles. The van der Waals surface area contributed by atoms with Gasteiger partial charge in [0.15, 0.2) is 0 Å². The zero-order valence-electron chi connectivity index (χ0n) is 19.8. The van der Waals surface area contributed by atoms with Crippen LogP contribution >= 0.6 is 12.6 Å². The molecule has 2 aliphatic rings. The monoisotopic (exact) mass is 370 g/mol. The predicted octanol–water partition coefficient (Wildman–Crippen LogP) is 9.27. The molecule has 1 fully saturated rings. The molecule has 1 unspecified atom stereocenters. The van der Waals surface area contributed by atoms with Crippen LogP contribution in [0.3, 0.4) is 0 Å². The summed E-state index contributed by atoms with van der Waals surface area (Å²) in [5.74, 6) is 1.83. The van der Waals surface area contributed by atoms with Crippen molar-refractivity contribution in [1.29, 1.82) is 0 Å². The van der Waals surface area contributed by atoms with E-state index in [9.17, 15) is 0 Å². The zero-order valence-corrected chi connectivity index (χ0v) is 20.7. The summed E-state index contributed by atoms with van der Waals surface area (Å²) in [5, 5.41) is 0. The molecule has 0 N–H and O–H groups in total. The summed E-state index contributed by atoms with van der Waals surface area (Å²) in [6.45, 7) is 26.1. The highest BCUT2D eigenvalue weighted by atomic mass is 32.1. The van der Waals surface area contributed by atoms with Gasteiger partial charge in [0, 0.05) is 5.92 Å². The average molecular weight is 371 g/mol. The second-order valence-corrected chi connectivity index (χ2v) is 7.65. The predicted molar refractivity (Wildman–Crippen MR) is 125 cm³/mol. The summed E-state index contributed by atoms with van der Waals surface area (Å²) in [5.41, 5.74) is 7.21. The van der Waals surface area contributed by atoms with Crippen LogP contribution in [0.25, 0.3) is 0 Å². The quantitative estimate of drug-likeness (QED) is 0.468. The van der Waals surface area contributed by atoms with Gasteiger partial charge in [-0.1, -0.05) is 95.4 Å². The highest BCUT2D eigenvalue weighted by Gasteiger charge is 2.53. The Morgan fingerprint density at radius 1 is 0.760 bits per heavy atom. The van der Waals surface area contributed by atoms with Gasteiger partial charge in [0.1, 0.15) is 0 Å². The van der Waals surface area contributed by atoms with Crippen molar-refractivity contribution in [2.45, 2.75) is 115 Å². The van der Waals surface area contributed by atoms with Crippen molar-refractivity contribution in [3.05, 3.63) is 22.3 Å². The molecule has 25 heavy (non-hydrogen) atoms. The van der Waals surface area contributed by atoms with Gasteiger partial charge in [0.2, 0.25) is 0 Å². The van der Waals surface area contributed by atoms with E-state index in [0.29, 0.717) is 5.41 Å². The molecule has 1 atom stereocenters. The third kappa shape index (κ3) is 10.5. The fourth-order valence-corrected chi connectivity index (χ4v) is 2.72. The lowest BCUT2D eigenvalue weighted by molar-refractivity contribution is 0.379. The molecule has 1 saturated carbocycles. The van der Waals surface area contributed by atoms with Gasteiger partial charge in [-0.15, -0.1) is 0 Å². The molecule has 152 valence electrons. The van der Waals surface area contributed by atoms with Crippen molar-refractivity contribution >= 4 is 12.6 Å². The van der Waals surface area contributed by atoms with Crippen molar-refractivity contribution in [3.63, 3.8) is 0 Å². The topological polar surface area (TPSA) is 0 Å². The molecule has 0 amide bonds. The van der Waals surface area contributed by atoms with Crippen LogP contribution in [-0.4, -0.2) is 5.75 Å². The molecule has 0 heterocycles. The number of thiol groups is 1.